The van der Waals surface area contributed by atoms with Crippen LogP contribution >= 0.6 is 0 Å². The molecule has 2 heterocycles. The number of benzene rings is 1. The summed E-state index contributed by atoms with van der Waals surface area (Å²) in [5.74, 6) is -0.607. The molecule has 24 heavy (non-hydrogen) atoms. The molecule has 7 heteroatoms. The van der Waals surface area contributed by atoms with Gasteiger partial charge in [0.1, 0.15) is 6.04 Å². The maximum Gasteiger partial charge on any atom is 0.326 e. The highest BCUT2D eigenvalue weighted by Gasteiger charge is 2.31. The van der Waals surface area contributed by atoms with Crippen molar-refractivity contribution in [3.05, 3.63) is 23.8 Å². The zero-order chi connectivity index (χ0) is 16.9. The van der Waals surface area contributed by atoms with Gasteiger partial charge in [-0.3, -0.25) is 4.79 Å². The van der Waals surface area contributed by atoms with E-state index in [2.05, 4.69) is 5.32 Å². The predicted molar refractivity (Wildman–Crippen MR) is 84.5 cm³/mol. The molecule has 1 fully saturated rings. The lowest BCUT2D eigenvalue weighted by atomic mass is 9.93. The number of carboxylic acids is 1. The maximum absolute atomic E-state index is 12.5. The first-order valence-electron chi connectivity index (χ1n) is 8.16. The van der Waals surface area contributed by atoms with E-state index in [0.29, 0.717) is 43.5 Å². The van der Waals surface area contributed by atoms with Crippen molar-refractivity contribution >= 4 is 11.9 Å². The largest absolute Gasteiger partial charge is 0.490 e. The van der Waals surface area contributed by atoms with Gasteiger partial charge in [0.2, 0.25) is 0 Å². The Morgan fingerprint density at radius 3 is 2.62 bits per heavy atom. The lowest BCUT2D eigenvalue weighted by molar-refractivity contribution is -0.142. The SMILES string of the molecule is O=C(NC(C(=O)O)C1CCCOC1)c1ccc2c(c1)OCCCO2. The number of fused-ring (bicyclic) bond motifs is 1. The van der Waals surface area contributed by atoms with E-state index in [1.807, 2.05) is 0 Å². The molecule has 2 atom stereocenters. The van der Waals surface area contributed by atoms with Crippen LogP contribution in [0.5, 0.6) is 11.5 Å². The van der Waals surface area contributed by atoms with Crippen LogP contribution in [0.15, 0.2) is 18.2 Å². The highest BCUT2D eigenvalue weighted by molar-refractivity contribution is 5.97. The van der Waals surface area contributed by atoms with Crippen LogP contribution < -0.4 is 14.8 Å². The standard InChI is InChI=1S/C17H21NO6/c19-16(18-15(17(20)21)12-3-1-6-22-10-12)11-4-5-13-14(9-11)24-8-2-7-23-13/h4-5,9,12,15H,1-3,6-8,10H2,(H,18,19)(H,20,21). The van der Waals surface area contributed by atoms with Gasteiger partial charge in [0.05, 0.1) is 19.8 Å². The summed E-state index contributed by atoms with van der Waals surface area (Å²) in [6.07, 6.45) is 2.30. The summed E-state index contributed by atoms with van der Waals surface area (Å²) in [5, 5.41) is 12.0. The van der Waals surface area contributed by atoms with Gasteiger partial charge in [-0.05, 0) is 31.0 Å². The Labute approximate surface area is 139 Å². The third-order valence-electron chi connectivity index (χ3n) is 4.23. The molecule has 130 valence electrons. The van der Waals surface area contributed by atoms with Crippen molar-refractivity contribution in [3.63, 3.8) is 0 Å². The van der Waals surface area contributed by atoms with Gasteiger partial charge in [0.25, 0.3) is 5.91 Å². The number of carboxylic acid groups (broad SMARTS) is 1. The molecule has 1 aromatic rings. The summed E-state index contributed by atoms with van der Waals surface area (Å²) in [6, 6.07) is 3.91. The number of carbonyl (C=O) groups excluding carboxylic acids is 1. The highest BCUT2D eigenvalue weighted by atomic mass is 16.5. The van der Waals surface area contributed by atoms with E-state index in [-0.39, 0.29) is 5.92 Å². The van der Waals surface area contributed by atoms with E-state index in [0.717, 1.165) is 19.3 Å². The summed E-state index contributed by atoms with van der Waals surface area (Å²) in [5.41, 5.74) is 0.349. The third-order valence-corrected chi connectivity index (χ3v) is 4.23. The van der Waals surface area contributed by atoms with Crippen LogP contribution in [0.1, 0.15) is 29.6 Å². The third kappa shape index (κ3) is 3.79. The second-order valence-corrected chi connectivity index (χ2v) is 5.98. The van der Waals surface area contributed by atoms with Crippen molar-refractivity contribution in [1.29, 1.82) is 0 Å². The number of rotatable bonds is 4. The second kappa shape index (κ2) is 7.53. The number of nitrogens with one attached hydrogen (secondary N) is 1. The molecule has 2 aliphatic rings. The summed E-state index contributed by atoms with van der Waals surface area (Å²) in [7, 11) is 0. The Morgan fingerprint density at radius 2 is 1.92 bits per heavy atom. The van der Waals surface area contributed by atoms with Crippen molar-refractivity contribution in [3.8, 4) is 11.5 Å². The minimum atomic E-state index is -1.05. The molecule has 7 nitrogen and oxygen atoms in total. The van der Waals surface area contributed by atoms with Crippen molar-refractivity contribution in [2.45, 2.75) is 25.3 Å². The van der Waals surface area contributed by atoms with Gasteiger partial charge in [0, 0.05) is 24.5 Å². The van der Waals surface area contributed by atoms with Crippen LogP contribution in [-0.4, -0.2) is 49.5 Å². The topological polar surface area (TPSA) is 94.1 Å². The van der Waals surface area contributed by atoms with Crippen LogP contribution in [0, 0.1) is 5.92 Å². The normalized spacial score (nSPS) is 21.4. The molecule has 2 aliphatic heterocycles. The van der Waals surface area contributed by atoms with Gasteiger partial charge >= 0.3 is 5.97 Å². The Bertz CT molecular complexity index is 611. The van der Waals surface area contributed by atoms with Gasteiger partial charge in [-0.1, -0.05) is 0 Å². The minimum absolute atomic E-state index is 0.222. The lowest BCUT2D eigenvalue weighted by Crippen LogP contribution is -2.48. The van der Waals surface area contributed by atoms with E-state index in [9.17, 15) is 14.7 Å². The molecule has 3 rings (SSSR count). The molecule has 0 aliphatic carbocycles. The van der Waals surface area contributed by atoms with Crippen LogP contribution in [0.2, 0.25) is 0 Å². The van der Waals surface area contributed by atoms with Gasteiger partial charge < -0.3 is 24.6 Å². The Kier molecular flexibility index (Phi) is 5.20. The Balaban J connectivity index is 1.73. The van der Waals surface area contributed by atoms with Gasteiger partial charge in [-0.25, -0.2) is 4.79 Å². The average molecular weight is 335 g/mol. The molecule has 0 aromatic heterocycles. The molecular formula is C17H21NO6. The average Bonchev–Trinajstić information content (AvgIpc) is 2.84. The fraction of sp³-hybridized carbons (Fsp3) is 0.529. The second-order valence-electron chi connectivity index (χ2n) is 5.98. The fourth-order valence-corrected chi connectivity index (χ4v) is 2.94. The van der Waals surface area contributed by atoms with Crippen LogP contribution in [0.4, 0.5) is 0 Å². The fourth-order valence-electron chi connectivity index (χ4n) is 2.94. The van der Waals surface area contributed by atoms with E-state index in [1.165, 1.54) is 0 Å². The first-order valence-corrected chi connectivity index (χ1v) is 8.16. The van der Waals surface area contributed by atoms with E-state index in [4.69, 9.17) is 14.2 Å². The first-order chi connectivity index (χ1) is 11.6. The van der Waals surface area contributed by atoms with Crippen LogP contribution in [0.3, 0.4) is 0 Å². The van der Waals surface area contributed by atoms with Crippen molar-refractivity contribution in [2.24, 2.45) is 5.92 Å². The molecule has 0 bridgehead atoms. The highest BCUT2D eigenvalue weighted by Crippen LogP contribution is 2.30. The number of ether oxygens (including phenoxy) is 3. The molecule has 1 amide bonds. The molecular weight excluding hydrogens is 314 g/mol. The smallest absolute Gasteiger partial charge is 0.326 e. The Morgan fingerprint density at radius 1 is 1.12 bits per heavy atom. The van der Waals surface area contributed by atoms with Crippen molar-refractivity contribution < 1.29 is 28.9 Å². The summed E-state index contributed by atoms with van der Waals surface area (Å²) in [4.78, 5) is 24.0. The monoisotopic (exact) mass is 335 g/mol. The van der Waals surface area contributed by atoms with Crippen LogP contribution in [-0.2, 0) is 9.53 Å². The zero-order valence-corrected chi connectivity index (χ0v) is 13.3. The quantitative estimate of drug-likeness (QED) is 0.865. The molecule has 0 spiro atoms. The number of amides is 1. The van der Waals surface area contributed by atoms with E-state index in [1.54, 1.807) is 18.2 Å². The summed E-state index contributed by atoms with van der Waals surface area (Å²) >= 11 is 0. The van der Waals surface area contributed by atoms with E-state index >= 15 is 0 Å². The van der Waals surface area contributed by atoms with Crippen molar-refractivity contribution in [2.75, 3.05) is 26.4 Å². The first kappa shape index (κ1) is 16.6. The molecule has 1 saturated heterocycles. The Hall–Kier alpha value is -2.28. The van der Waals surface area contributed by atoms with Gasteiger partial charge in [-0.2, -0.15) is 0 Å². The van der Waals surface area contributed by atoms with Gasteiger partial charge in [-0.15, -0.1) is 0 Å². The maximum atomic E-state index is 12.5. The number of carbonyl (C=O) groups is 2. The molecule has 0 radical (unpaired) electrons. The molecule has 2 N–H and O–H groups in total. The summed E-state index contributed by atoms with van der Waals surface area (Å²) in [6.45, 7) is 2.08. The minimum Gasteiger partial charge on any atom is -0.490 e. The number of hydrogen-bond donors (Lipinski definition) is 2. The van der Waals surface area contributed by atoms with Crippen molar-refractivity contribution in [1.82, 2.24) is 5.32 Å². The lowest BCUT2D eigenvalue weighted by Gasteiger charge is -2.28. The molecule has 2 unspecified atom stereocenters. The number of aliphatic carboxylic acids is 1. The predicted octanol–water partition coefficient (Wildman–Crippen LogP) is 1.46. The molecule has 0 saturated carbocycles. The molecule has 1 aromatic carbocycles. The van der Waals surface area contributed by atoms with Crippen LogP contribution in [0.25, 0.3) is 0 Å². The summed E-state index contributed by atoms with van der Waals surface area (Å²) < 4.78 is 16.4. The van der Waals surface area contributed by atoms with Gasteiger partial charge in [0.15, 0.2) is 11.5 Å². The number of hydrogen-bond acceptors (Lipinski definition) is 5. The zero-order valence-electron chi connectivity index (χ0n) is 13.3. The van der Waals surface area contributed by atoms with E-state index < -0.39 is 17.9 Å².